The Hall–Kier alpha value is -1.37. The lowest BCUT2D eigenvalue weighted by Crippen LogP contribution is -3.00. The van der Waals surface area contributed by atoms with Crippen molar-refractivity contribution >= 4 is 50.4 Å². The van der Waals surface area contributed by atoms with E-state index in [1.807, 2.05) is 0 Å². The van der Waals surface area contributed by atoms with Crippen molar-refractivity contribution in [3.8, 4) is 0 Å². The van der Waals surface area contributed by atoms with Gasteiger partial charge in [0, 0.05) is 13.1 Å². The van der Waals surface area contributed by atoms with Crippen molar-refractivity contribution in [2.45, 2.75) is 4.90 Å². The second-order valence-electron chi connectivity index (χ2n) is 5.06. The highest BCUT2D eigenvalue weighted by atomic mass is 127. The monoisotopic (exact) mass is 513 g/mol. The number of nitrogens with zero attached hydrogens (tertiary/aromatic N) is 2. The number of nitrogens with one attached hydrogen (secondary N) is 1. The van der Waals surface area contributed by atoms with Crippen LogP contribution in [0.5, 0.6) is 0 Å². The predicted molar refractivity (Wildman–Crippen MR) is 90.1 cm³/mol. The molecule has 0 aromatic carbocycles. The van der Waals surface area contributed by atoms with Gasteiger partial charge < -0.3 is 29.1 Å². The molecule has 0 spiro atoms. The summed E-state index contributed by atoms with van der Waals surface area (Å²) >= 11 is 6.77. The van der Waals surface area contributed by atoms with Gasteiger partial charge >= 0.3 is 5.91 Å². The smallest absolute Gasteiger partial charge is 0.360 e. The van der Waals surface area contributed by atoms with Crippen LogP contribution in [0.15, 0.2) is 41.1 Å². The minimum absolute atomic E-state index is 0. The minimum Gasteiger partial charge on any atom is -1.00 e. The first-order valence-corrected chi connectivity index (χ1v) is 9.35. The number of fused-ring (bicyclic) bond motifs is 1. The average molecular weight is 514 g/mol. The molecule has 11 heteroatoms. The Labute approximate surface area is 170 Å². The van der Waals surface area contributed by atoms with E-state index in [1.54, 1.807) is 36.0 Å². The van der Waals surface area contributed by atoms with E-state index < -0.39 is 21.7 Å². The number of carbonyl (C=O) groups excluding carboxylic acids is 1. The molecule has 134 valence electrons. The first-order valence-electron chi connectivity index (χ1n) is 6.71. The number of pyridine rings is 1. The normalized spacial score (nSPS) is 15.4. The van der Waals surface area contributed by atoms with Gasteiger partial charge in [-0.05, 0) is 12.1 Å². The number of likely N-dealkylation sites (N-methyl/N-ethyl adjacent to an activating group) is 1. The topological polar surface area (TPSA) is 90.6 Å². The molecular formula is C14H13ClIN3O4S2. The largest absolute Gasteiger partial charge is 1.00 e. The number of anilines is 1. The molecule has 3 rings (SSSR count). The molecular weight excluding hydrogens is 501 g/mol. The number of amides is 1. The number of carbonyl (C=O) groups is 1. The van der Waals surface area contributed by atoms with E-state index in [4.69, 9.17) is 11.6 Å². The molecule has 0 unspecified atom stereocenters. The Morgan fingerprint density at radius 3 is 2.72 bits per heavy atom. The lowest BCUT2D eigenvalue weighted by atomic mass is 10.2. The highest BCUT2D eigenvalue weighted by molar-refractivity contribution is 7.89. The van der Waals surface area contributed by atoms with Crippen molar-refractivity contribution in [3.05, 3.63) is 45.4 Å². The third-order valence-electron chi connectivity index (χ3n) is 3.57. The van der Waals surface area contributed by atoms with Crippen LogP contribution in [-0.2, 0) is 21.9 Å². The molecule has 3 heterocycles. The maximum atomic E-state index is 12.6. The standard InChI is InChI=1S/C14H12ClN3O4S2.HI/c1-17-6-4-3-5-10(17)16-14(20)11-12(19)13-8(7-9(15)23-13)24(21,22)18(11)2;/h3-7H,1-2H3,(H,19,20);1H. The van der Waals surface area contributed by atoms with E-state index in [0.717, 1.165) is 15.6 Å². The van der Waals surface area contributed by atoms with Crippen molar-refractivity contribution in [2.24, 2.45) is 7.05 Å². The summed E-state index contributed by atoms with van der Waals surface area (Å²) in [6.07, 6.45) is 1.72. The van der Waals surface area contributed by atoms with Gasteiger partial charge in [-0.25, -0.2) is 23.1 Å². The number of halogens is 2. The number of sulfonamides is 1. The van der Waals surface area contributed by atoms with Crippen LogP contribution in [0.25, 0.3) is 5.76 Å². The summed E-state index contributed by atoms with van der Waals surface area (Å²) in [4.78, 5) is 12.5. The summed E-state index contributed by atoms with van der Waals surface area (Å²) in [6, 6.07) is 6.42. The molecule has 1 amide bonds. The predicted octanol–water partition coefficient (Wildman–Crippen LogP) is -1.27. The number of hydrogen-bond donors (Lipinski definition) is 2. The lowest BCUT2D eigenvalue weighted by molar-refractivity contribution is -0.657. The van der Waals surface area contributed by atoms with E-state index in [2.05, 4.69) is 5.32 Å². The molecule has 0 saturated heterocycles. The van der Waals surface area contributed by atoms with Crippen molar-refractivity contribution in [1.29, 1.82) is 0 Å². The second-order valence-corrected chi connectivity index (χ2v) is 8.69. The summed E-state index contributed by atoms with van der Waals surface area (Å²) in [5.74, 6) is -0.713. The molecule has 2 aromatic rings. The molecule has 0 saturated carbocycles. The Balaban J connectivity index is 0.00000225. The zero-order valence-electron chi connectivity index (χ0n) is 13.0. The number of aliphatic hydroxyl groups excluding tert-OH is 1. The first-order chi connectivity index (χ1) is 11.2. The van der Waals surface area contributed by atoms with Gasteiger partial charge in [0.2, 0.25) is 0 Å². The summed E-state index contributed by atoms with van der Waals surface area (Å²) in [6.45, 7) is 0. The number of thiophene rings is 1. The Morgan fingerprint density at radius 1 is 1.40 bits per heavy atom. The maximum absolute atomic E-state index is 12.6. The van der Waals surface area contributed by atoms with Crippen LogP contribution in [0.2, 0.25) is 4.34 Å². The van der Waals surface area contributed by atoms with Crippen LogP contribution in [0.1, 0.15) is 4.88 Å². The summed E-state index contributed by atoms with van der Waals surface area (Å²) < 4.78 is 27.7. The van der Waals surface area contributed by atoms with Crippen molar-refractivity contribution in [2.75, 3.05) is 12.4 Å². The SMILES string of the molecule is CN1C(C(=O)Nc2cccc[n+]2C)=C(O)c2sc(Cl)cc2S1(=O)=O.[I-]. The van der Waals surface area contributed by atoms with Crippen LogP contribution in [0, 0.1) is 0 Å². The molecule has 2 N–H and O–H groups in total. The van der Waals surface area contributed by atoms with Gasteiger partial charge in [0.25, 0.3) is 15.8 Å². The third-order valence-corrected chi connectivity index (χ3v) is 6.75. The highest BCUT2D eigenvalue weighted by Gasteiger charge is 2.41. The van der Waals surface area contributed by atoms with Crippen molar-refractivity contribution < 1.29 is 46.9 Å². The number of aryl methyl sites for hydroxylation is 1. The molecule has 0 bridgehead atoms. The Kier molecular flexibility index (Phi) is 5.66. The first kappa shape index (κ1) is 19.9. The molecule has 1 aliphatic rings. The van der Waals surface area contributed by atoms with Crippen LogP contribution in [0.3, 0.4) is 0 Å². The summed E-state index contributed by atoms with van der Waals surface area (Å²) in [7, 11) is -1.02. The molecule has 0 atom stereocenters. The highest BCUT2D eigenvalue weighted by Crippen LogP contribution is 2.41. The van der Waals surface area contributed by atoms with Crippen LogP contribution >= 0.6 is 22.9 Å². The third kappa shape index (κ3) is 3.35. The van der Waals surface area contributed by atoms with Gasteiger partial charge in [-0.15, -0.1) is 11.3 Å². The minimum atomic E-state index is -3.96. The molecule has 7 nitrogen and oxygen atoms in total. The average Bonchev–Trinajstić information content (AvgIpc) is 2.91. The fourth-order valence-corrected chi connectivity index (χ4v) is 5.25. The fourth-order valence-electron chi connectivity index (χ4n) is 2.31. The van der Waals surface area contributed by atoms with Gasteiger partial charge in [0.15, 0.2) is 11.5 Å². The number of rotatable bonds is 2. The maximum Gasteiger partial charge on any atom is 0.360 e. The van der Waals surface area contributed by atoms with E-state index in [9.17, 15) is 18.3 Å². The fraction of sp³-hybridized carbons (Fsp3) is 0.143. The molecule has 0 fully saturated rings. The molecule has 0 radical (unpaired) electrons. The molecule has 0 aliphatic carbocycles. The van der Waals surface area contributed by atoms with Crippen molar-refractivity contribution in [1.82, 2.24) is 4.31 Å². The van der Waals surface area contributed by atoms with Crippen LogP contribution < -0.4 is 33.9 Å². The number of aromatic nitrogens is 1. The van der Waals surface area contributed by atoms with E-state index in [1.165, 1.54) is 13.1 Å². The zero-order valence-corrected chi connectivity index (χ0v) is 17.6. The summed E-state index contributed by atoms with van der Waals surface area (Å²) in [5, 5.41) is 13.0. The quantitative estimate of drug-likeness (QED) is 0.387. The molecule has 2 aromatic heterocycles. The van der Waals surface area contributed by atoms with Gasteiger partial charge in [0.05, 0.1) is 22.5 Å². The van der Waals surface area contributed by atoms with Gasteiger partial charge in [-0.3, -0.25) is 4.31 Å². The van der Waals surface area contributed by atoms with Gasteiger partial charge in [-0.1, -0.05) is 17.7 Å². The van der Waals surface area contributed by atoms with E-state index >= 15 is 0 Å². The number of hydrogen-bond acceptors (Lipinski definition) is 5. The lowest BCUT2D eigenvalue weighted by Gasteiger charge is -2.25. The molecule has 1 aliphatic heterocycles. The van der Waals surface area contributed by atoms with Crippen LogP contribution in [-0.4, -0.2) is 30.8 Å². The van der Waals surface area contributed by atoms with Crippen molar-refractivity contribution in [3.63, 3.8) is 0 Å². The Morgan fingerprint density at radius 2 is 2.08 bits per heavy atom. The van der Waals surface area contributed by atoms with E-state index in [0.29, 0.717) is 5.82 Å². The molecule has 25 heavy (non-hydrogen) atoms. The van der Waals surface area contributed by atoms with E-state index in [-0.39, 0.29) is 43.8 Å². The Bertz CT molecular complexity index is 988. The van der Waals surface area contributed by atoms with Crippen LogP contribution in [0.4, 0.5) is 5.82 Å². The zero-order chi connectivity index (χ0) is 17.6. The number of aliphatic hydroxyl groups is 1. The second kappa shape index (κ2) is 7.09. The summed E-state index contributed by atoms with van der Waals surface area (Å²) in [5.41, 5.74) is -0.357. The van der Waals surface area contributed by atoms with Gasteiger partial charge in [-0.2, -0.15) is 0 Å². The van der Waals surface area contributed by atoms with Gasteiger partial charge in [0.1, 0.15) is 4.90 Å².